The van der Waals surface area contributed by atoms with Gasteiger partial charge in [-0.15, -0.1) is 0 Å². The lowest BCUT2D eigenvalue weighted by Gasteiger charge is -2.28. The van der Waals surface area contributed by atoms with Crippen LogP contribution >= 0.6 is 0 Å². The molecule has 1 aromatic rings. The molecule has 2 nitrogen and oxygen atoms in total. The lowest BCUT2D eigenvalue weighted by Crippen LogP contribution is -2.31. The van der Waals surface area contributed by atoms with Gasteiger partial charge in [-0.2, -0.15) is 0 Å². The highest BCUT2D eigenvalue weighted by atomic mass is 19.1. The summed E-state index contributed by atoms with van der Waals surface area (Å²) in [4.78, 5) is 0. The molecule has 0 amide bonds. The van der Waals surface area contributed by atoms with Crippen LogP contribution in [-0.4, -0.2) is 6.10 Å². The average molecular weight is 181 g/mol. The molecule has 1 aliphatic rings. The van der Waals surface area contributed by atoms with Crippen LogP contribution in [0.3, 0.4) is 0 Å². The van der Waals surface area contributed by atoms with Crippen molar-refractivity contribution >= 4 is 0 Å². The quantitative estimate of drug-likeness (QED) is 0.661. The molecule has 0 saturated heterocycles. The fraction of sp³-hybridized carbons (Fsp3) is 0.400. The molecular formula is C10H12FNO. The first kappa shape index (κ1) is 8.66. The van der Waals surface area contributed by atoms with E-state index >= 15 is 0 Å². The maximum absolute atomic E-state index is 12.9. The number of hydrogen-bond donors (Lipinski definition) is 1. The number of nitrogens with two attached hydrogens (primary N) is 1. The van der Waals surface area contributed by atoms with E-state index in [2.05, 4.69) is 0 Å². The minimum absolute atomic E-state index is 0.0331. The van der Waals surface area contributed by atoms with Crippen LogP contribution in [0, 0.1) is 5.82 Å². The number of hydrogen-bond acceptors (Lipinski definition) is 2. The third-order valence-corrected chi connectivity index (χ3v) is 2.47. The second kappa shape index (κ2) is 3.09. The Morgan fingerprint density at radius 2 is 2.31 bits per heavy atom. The molecule has 70 valence electrons. The summed E-state index contributed by atoms with van der Waals surface area (Å²) in [6.45, 7) is 2.43. The normalized spacial score (nSPS) is 27.0. The fourth-order valence-electron chi connectivity index (χ4n) is 1.59. The van der Waals surface area contributed by atoms with E-state index in [-0.39, 0.29) is 18.0 Å². The second-order valence-electron chi connectivity index (χ2n) is 3.39. The first-order valence-corrected chi connectivity index (χ1v) is 4.34. The minimum atomic E-state index is -0.233. The smallest absolute Gasteiger partial charge is 0.123 e. The average Bonchev–Trinajstić information content (AvgIpc) is 2.12. The lowest BCUT2D eigenvalue weighted by atomic mass is 9.95. The summed E-state index contributed by atoms with van der Waals surface area (Å²) < 4.78 is 18.3. The van der Waals surface area contributed by atoms with E-state index < -0.39 is 0 Å². The molecule has 0 aliphatic carbocycles. The molecule has 0 fully saturated rings. The summed E-state index contributed by atoms with van der Waals surface area (Å²) in [6, 6.07) is 4.46. The van der Waals surface area contributed by atoms with E-state index in [1.807, 2.05) is 6.92 Å². The van der Waals surface area contributed by atoms with Gasteiger partial charge in [-0.1, -0.05) is 6.07 Å². The Morgan fingerprint density at radius 3 is 3.08 bits per heavy atom. The molecule has 3 heteroatoms. The highest BCUT2D eigenvalue weighted by Crippen LogP contribution is 2.27. The van der Waals surface area contributed by atoms with Gasteiger partial charge in [-0.3, -0.25) is 0 Å². The molecule has 0 saturated carbocycles. The van der Waals surface area contributed by atoms with Gasteiger partial charge in [0.25, 0.3) is 0 Å². The van der Waals surface area contributed by atoms with Crippen molar-refractivity contribution in [1.29, 1.82) is 0 Å². The number of benzene rings is 1. The van der Waals surface area contributed by atoms with Gasteiger partial charge in [0, 0.05) is 0 Å². The van der Waals surface area contributed by atoms with Gasteiger partial charge >= 0.3 is 0 Å². The summed E-state index contributed by atoms with van der Waals surface area (Å²) in [5.74, 6) is -0.233. The van der Waals surface area contributed by atoms with Crippen LogP contribution < -0.4 is 5.73 Å². The van der Waals surface area contributed by atoms with Crippen LogP contribution in [0.4, 0.5) is 4.39 Å². The van der Waals surface area contributed by atoms with Crippen LogP contribution in [0.2, 0.25) is 0 Å². The maximum atomic E-state index is 12.9. The molecular weight excluding hydrogens is 169 g/mol. The monoisotopic (exact) mass is 181 g/mol. The van der Waals surface area contributed by atoms with Crippen LogP contribution in [0.5, 0.6) is 0 Å². The van der Waals surface area contributed by atoms with Crippen LogP contribution in [0.25, 0.3) is 0 Å². The SMILES string of the molecule is C[C@H]1OCc2ccc(F)cc2C1N. The van der Waals surface area contributed by atoms with Crippen molar-refractivity contribution in [3.8, 4) is 0 Å². The Labute approximate surface area is 76.5 Å². The second-order valence-corrected chi connectivity index (χ2v) is 3.39. The summed E-state index contributed by atoms with van der Waals surface area (Å²) in [5.41, 5.74) is 7.73. The number of ether oxygens (including phenoxy) is 1. The maximum Gasteiger partial charge on any atom is 0.123 e. The number of rotatable bonds is 0. The van der Waals surface area contributed by atoms with Crippen molar-refractivity contribution in [1.82, 2.24) is 0 Å². The van der Waals surface area contributed by atoms with Crippen molar-refractivity contribution in [2.45, 2.75) is 25.7 Å². The molecule has 1 unspecified atom stereocenters. The van der Waals surface area contributed by atoms with Gasteiger partial charge in [0.15, 0.2) is 0 Å². The van der Waals surface area contributed by atoms with Gasteiger partial charge in [0.2, 0.25) is 0 Å². The molecule has 0 bridgehead atoms. The largest absolute Gasteiger partial charge is 0.372 e. The molecule has 0 aromatic heterocycles. The first-order valence-electron chi connectivity index (χ1n) is 4.34. The van der Waals surface area contributed by atoms with E-state index in [4.69, 9.17) is 10.5 Å². The topological polar surface area (TPSA) is 35.2 Å². The van der Waals surface area contributed by atoms with E-state index in [9.17, 15) is 4.39 Å². The highest BCUT2D eigenvalue weighted by Gasteiger charge is 2.23. The third kappa shape index (κ3) is 1.45. The Hall–Kier alpha value is -0.930. The van der Waals surface area contributed by atoms with E-state index in [0.29, 0.717) is 6.61 Å². The number of halogens is 1. The Morgan fingerprint density at radius 1 is 1.54 bits per heavy atom. The first-order chi connectivity index (χ1) is 6.18. The summed E-state index contributed by atoms with van der Waals surface area (Å²) in [6.07, 6.45) is -0.0331. The Balaban J connectivity index is 2.45. The molecule has 1 aromatic carbocycles. The zero-order valence-corrected chi connectivity index (χ0v) is 7.46. The molecule has 2 atom stereocenters. The molecule has 2 rings (SSSR count). The van der Waals surface area contributed by atoms with Crippen molar-refractivity contribution in [2.75, 3.05) is 0 Å². The van der Waals surface area contributed by atoms with Crippen molar-refractivity contribution in [2.24, 2.45) is 5.73 Å². The van der Waals surface area contributed by atoms with E-state index in [1.54, 1.807) is 6.07 Å². The van der Waals surface area contributed by atoms with Crippen molar-refractivity contribution in [3.05, 3.63) is 35.1 Å². The molecule has 2 N–H and O–H groups in total. The highest BCUT2D eigenvalue weighted by molar-refractivity contribution is 5.32. The fourth-order valence-corrected chi connectivity index (χ4v) is 1.59. The van der Waals surface area contributed by atoms with Gasteiger partial charge in [0.05, 0.1) is 18.8 Å². The van der Waals surface area contributed by atoms with Gasteiger partial charge < -0.3 is 10.5 Å². The molecule has 1 heterocycles. The van der Waals surface area contributed by atoms with Crippen LogP contribution in [-0.2, 0) is 11.3 Å². The standard InChI is InChI=1S/C10H12FNO/c1-6-10(12)9-4-8(11)3-2-7(9)5-13-6/h2-4,6,10H,5,12H2,1H3/t6-,10?/m1/s1. The van der Waals surface area contributed by atoms with E-state index in [1.165, 1.54) is 12.1 Å². The molecule has 0 spiro atoms. The summed E-state index contributed by atoms with van der Waals surface area (Å²) >= 11 is 0. The minimum Gasteiger partial charge on any atom is -0.372 e. The van der Waals surface area contributed by atoms with Gasteiger partial charge in [0.1, 0.15) is 5.82 Å². The molecule has 0 radical (unpaired) electrons. The predicted octanol–water partition coefficient (Wildman–Crippen LogP) is 1.74. The lowest BCUT2D eigenvalue weighted by molar-refractivity contribution is 0.0212. The molecule has 13 heavy (non-hydrogen) atoms. The number of fused-ring (bicyclic) bond motifs is 1. The van der Waals surface area contributed by atoms with Crippen molar-refractivity contribution in [3.63, 3.8) is 0 Å². The van der Waals surface area contributed by atoms with Crippen LogP contribution in [0.15, 0.2) is 18.2 Å². The van der Waals surface area contributed by atoms with Crippen molar-refractivity contribution < 1.29 is 9.13 Å². The zero-order valence-electron chi connectivity index (χ0n) is 7.46. The third-order valence-electron chi connectivity index (χ3n) is 2.47. The Bertz CT molecular complexity index is 327. The Kier molecular flexibility index (Phi) is 2.06. The zero-order chi connectivity index (χ0) is 9.42. The van der Waals surface area contributed by atoms with E-state index in [0.717, 1.165) is 11.1 Å². The van der Waals surface area contributed by atoms with Crippen LogP contribution in [0.1, 0.15) is 24.1 Å². The van der Waals surface area contributed by atoms with Gasteiger partial charge in [-0.05, 0) is 30.2 Å². The summed E-state index contributed by atoms with van der Waals surface area (Å²) in [5, 5.41) is 0. The summed E-state index contributed by atoms with van der Waals surface area (Å²) in [7, 11) is 0. The van der Waals surface area contributed by atoms with Gasteiger partial charge in [-0.25, -0.2) is 4.39 Å². The predicted molar refractivity (Wildman–Crippen MR) is 47.6 cm³/mol. The molecule has 1 aliphatic heterocycles.